The second-order valence-electron chi connectivity index (χ2n) is 6.02. The number of thioether (sulfide) groups is 1. The maximum absolute atomic E-state index is 12.7. The van der Waals surface area contributed by atoms with Crippen LogP contribution < -0.4 is 5.32 Å². The van der Waals surface area contributed by atoms with Gasteiger partial charge in [0.25, 0.3) is 0 Å². The Bertz CT molecular complexity index is 736. The van der Waals surface area contributed by atoms with Gasteiger partial charge < -0.3 is 5.32 Å². The molecule has 6 nitrogen and oxygen atoms in total. The van der Waals surface area contributed by atoms with Gasteiger partial charge in [-0.1, -0.05) is 29.5 Å². The van der Waals surface area contributed by atoms with Crippen LogP contribution in [0.5, 0.6) is 0 Å². The van der Waals surface area contributed by atoms with Gasteiger partial charge in [0.1, 0.15) is 0 Å². The van der Waals surface area contributed by atoms with Crippen LogP contribution >= 0.6 is 11.8 Å². The predicted octanol–water partition coefficient (Wildman–Crippen LogP) is 1.61. The zero-order valence-electron chi connectivity index (χ0n) is 13.6. The molecule has 0 bridgehead atoms. The largest absolute Gasteiger partial charge is 0.305 e. The zero-order chi connectivity index (χ0) is 17.2. The fraction of sp³-hybridized carbons (Fsp3) is 0.500. The van der Waals surface area contributed by atoms with Gasteiger partial charge in [0, 0.05) is 24.8 Å². The standard InChI is InChI=1S/C16H21N3O3S2/c1-12-2-4-14(5-3-12)24(21,22)19-9-6-13(7-10-19)15(20)18-16-17-8-11-23-16/h2-5,13H,6-11H2,1H3,(H,17,18,20). The first-order valence-corrected chi connectivity index (χ1v) is 10.4. The Labute approximate surface area is 146 Å². The molecule has 1 aromatic rings. The zero-order valence-corrected chi connectivity index (χ0v) is 15.2. The van der Waals surface area contributed by atoms with Gasteiger partial charge in [-0.15, -0.1) is 0 Å². The Morgan fingerprint density at radius 1 is 1.25 bits per heavy atom. The molecule has 3 rings (SSSR count). The second kappa shape index (κ2) is 7.25. The lowest BCUT2D eigenvalue weighted by molar-refractivity contribution is -0.124. The summed E-state index contributed by atoms with van der Waals surface area (Å²) in [5, 5.41) is 3.54. The lowest BCUT2D eigenvalue weighted by Gasteiger charge is -2.30. The summed E-state index contributed by atoms with van der Waals surface area (Å²) in [7, 11) is -3.48. The summed E-state index contributed by atoms with van der Waals surface area (Å²) in [6.45, 7) is 3.41. The third-order valence-electron chi connectivity index (χ3n) is 4.30. The van der Waals surface area contributed by atoms with E-state index in [1.54, 1.807) is 36.0 Å². The van der Waals surface area contributed by atoms with Crippen LogP contribution in [-0.4, -0.2) is 49.2 Å². The fourth-order valence-corrected chi connectivity index (χ4v) is 5.04. The number of amidine groups is 1. The molecule has 1 N–H and O–H groups in total. The summed E-state index contributed by atoms with van der Waals surface area (Å²) >= 11 is 1.55. The van der Waals surface area contributed by atoms with Crippen LogP contribution in [0.1, 0.15) is 18.4 Å². The number of rotatable bonds is 3. The van der Waals surface area contributed by atoms with Crippen molar-refractivity contribution in [1.82, 2.24) is 9.62 Å². The van der Waals surface area contributed by atoms with E-state index in [0.717, 1.165) is 17.9 Å². The van der Waals surface area contributed by atoms with E-state index >= 15 is 0 Å². The van der Waals surface area contributed by atoms with Crippen molar-refractivity contribution in [2.45, 2.75) is 24.7 Å². The molecule has 0 spiro atoms. The Hall–Kier alpha value is -1.38. The van der Waals surface area contributed by atoms with Crippen molar-refractivity contribution in [2.75, 3.05) is 25.4 Å². The number of carbonyl (C=O) groups is 1. The normalized spacial score (nSPS) is 20.0. The Kier molecular flexibility index (Phi) is 5.27. The minimum Gasteiger partial charge on any atom is -0.305 e. The molecule has 0 saturated carbocycles. The SMILES string of the molecule is Cc1ccc(S(=O)(=O)N2CCC(C(=O)NC3=NCCS3)CC2)cc1. The summed E-state index contributed by atoms with van der Waals surface area (Å²) in [5.41, 5.74) is 1.03. The van der Waals surface area contributed by atoms with Gasteiger partial charge in [0.05, 0.1) is 11.4 Å². The summed E-state index contributed by atoms with van der Waals surface area (Å²) in [6.07, 6.45) is 1.07. The number of aryl methyl sites for hydroxylation is 1. The number of piperidine rings is 1. The van der Waals surface area contributed by atoms with Crippen molar-refractivity contribution in [3.05, 3.63) is 29.8 Å². The molecule has 1 fully saturated rings. The van der Waals surface area contributed by atoms with E-state index in [2.05, 4.69) is 10.3 Å². The molecule has 0 atom stereocenters. The number of sulfonamides is 1. The molecule has 0 radical (unpaired) electrons. The van der Waals surface area contributed by atoms with E-state index in [1.165, 1.54) is 4.31 Å². The number of hydrogen-bond donors (Lipinski definition) is 1. The Balaban J connectivity index is 1.60. The number of aliphatic imine (C=N–C) groups is 1. The first-order valence-electron chi connectivity index (χ1n) is 8.02. The number of nitrogens with one attached hydrogen (secondary N) is 1. The highest BCUT2D eigenvalue weighted by Crippen LogP contribution is 2.24. The third kappa shape index (κ3) is 3.81. The van der Waals surface area contributed by atoms with Crippen LogP contribution in [0.4, 0.5) is 0 Å². The van der Waals surface area contributed by atoms with E-state index in [1.807, 2.05) is 6.92 Å². The van der Waals surface area contributed by atoms with Crippen molar-refractivity contribution >= 4 is 32.9 Å². The molecule has 2 aliphatic heterocycles. The summed E-state index contributed by atoms with van der Waals surface area (Å²) in [5.74, 6) is 0.706. The monoisotopic (exact) mass is 367 g/mol. The van der Waals surface area contributed by atoms with Crippen molar-refractivity contribution in [2.24, 2.45) is 10.9 Å². The molecule has 130 valence electrons. The highest BCUT2D eigenvalue weighted by Gasteiger charge is 2.32. The van der Waals surface area contributed by atoms with E-state index < -0.39 is 10.0 Å². The van der Waals surface area contributed by atoms with Gasteiger partial charge in [-0.05, 0) is 31.9 Å². The third-order valence-corrected chi connectivity index (χ3v) is 7.10. The first kappa shape index (κ1) is 17.4. The Morgan fingerprint density at radius 3 is 2.50 bits per heavy atom. The number of hydrogen-bond acceptors (Lipinski definition) is 5. The minimum atomic E-state index is -3.48. The van der Waals surface area contributed by atoms with Crippen LogP contribution in [0, 0.1) is 12.8 Å². The number of amides is 1. The lowest BCUT2D eigenvalue weighted by Crippen LogP contribution is -2.43. The van der Waals surface area contributed by atoms with E-state index in [-0.39, 0.29) is 11.8 Å². The molecular weight excluding hydrogens is 346 g/mol. The molecule has 0 aliphatic carbocycles. The molecule has 24 heavy (non-hydrogen) atoms. The van der Waals surface area contributed by atoms with Crippen LogP contribution in [-0.2, 0) is 14.8 Å². The molecule has 0 unspecified atom stereocenters. The quantitative estimate of drug-likeness (QED) is 0.880. The van der Waals surface area contributed by atoms with Crippen LogP contribution in [0.2, 0.25) is 0 Å². The number of carbonyl (C=O) groups excluding carboxylic acids is 1. The first-order chi connectivity index (χ1) is 11.5. The van der Waals surface area contributed by atoms with E-state index in [4.69, 9.17) is 0 Å². The smallest absolute Gasteiger partial charge is 0.243 e. The summed E-state index contributed by atoms with van der Waals surface area (Å²) in [6, 6.07) is 6.87. The minimum absolute atomic E-state index is 0.0458. The van der Waals surface area contributed by atoms with Crippen LogP contribution in [0.25, 0.3) is 0 Å². The molecule has 2 heterocycles. The van der Waals surface area contributed by atoms with Gasteiger partial charge in [-0.25, -0.2) is 8.42 Å². The van der Waals surface area contributed by atoms with Crippen molar-refractivity contribution < 1.29 is 13.2 Å². The lowest BCUT2D eigenvalue weighted by atomic mass is 9.97. The van der Waals surface area contributed by atoms with Gasteiger partial charge in [-0.2, -0.15) is 4.31 Å². The maximum Gasteiger partial charge on any atom is 0.243 e. The topological polar surface area (TPSA) is 78.8 Å². The number of benzene rings is 1. The predicted molar refractivity (Wildman–Crippen MR) is 95.6 cm³/mol. The highest BCUT2D eigenvalue weighted by atomic mass is 32.2. The number of nitrogens with zero attached hydrogens (tertiary/aromatic N) is 2. The molecule has 2 aliphatic rings. The molecular formula is C16H21N3O3S2. The van der Waals surface area contributed by atoms with Gasteiger partial charge in [0.15, 0.2) is 5.17 Å². The molecule has 0 aromatic heterocycles. The summed E-state index contributed by atoms with van der Waals surface area (Å²) in [4.78, 5) is 16.8. The van der Waals surface area contributed by atoms with Crippen molar-refractivity contribution in [3.8, 4) is 0 Å². The van der Waals surface area contributed by atoms with Crippen LogP contribution in [0.3, 0.4) is 0 Å². The molecule has 1 saturated heterocycles. The van der Waals surface area contributed by atoms with Crippen LogP contribution in [0.15, 0.2) is 34.2 Å². The van der Waals surface area contributed by atoms with Crippen molar-refractivity contribution in [1.29, 1.82) is 0 Å². The fourth-order valence-electron chi connectivity index (χ4n) is 2.84. The van der Waals surface area contributed by atoms with E-state index in [0.29, 0.717) is 36.0 Å². The van der Waals surface area contributed by atoms with Gasteiger partial charge in [0.2, 0.25) is 15.9 Å². The average molecular weight is 367 g/mol. The second-order valence-corrected chi connectivity index (χ2v) is 9.04. The molecule has 8 heteroatoms. The van der Waals surface area contributed by atoms with Gasteiger partial charge in [-0.3, -0.25) is 9.79 Å². The van der Waals surface area contributed by atoms with Gasteiger partial charge >= 0.3 is 0 Å². The highest BCUT2D eigenvalue weighted by molar-refractivity contribution is 8.14. The van der Waals surface area contributed by atoms with Crippen molar-refractivity contribution in [3.63, 3.8) is 0 Å². The molecule has 1 amide bonds. The average Bonchev–Trinajstić information content (AvgIpc) is 3.08. The maximum atomic E-state index is 12.7. The van der Waals surface area contributed by atoms with E-state index in [9.17, 15) is 13.2 Å². The Morgan fingerprint density at radius 2 is 1.92 bits per heavy atom. The summed E-state index contributed by atoms with van der Waals surface area (Å²) < 4.78 is 26.8. The molecule has 1 aromatic carbocycles.